The first kappa shape index (κ1) is 13.7. The molecule has 1 unspecified atom stereocenters. The van der Waals surface area contributed by atoms with Crippen LogP contribution in [0.15, 0.2) is 18.2 Å². The predicted molar refractivity (Wildman–Crippen MR) is 67.3 cm³/mol. The Labute approximate surface area is 102 Å². The van der Waals surface area contributed by atoms with Crippen LogP contribution in [0.2, 0.25) is 0 Å². The fraction of sp³-hybridized carbons (Fsp3) is 0.500. The number of rotatable bonds is 3. The summed E-state index contributed by atoms with van der Waals surface area (Å²) < 4.78 is 0. The molecule has 3 heteroatoms. The van der Waals surface area contributed by atoms with Crippen molar-refractivity contribution >= 4 is 5.97 Å². The minimum atomic E-state index is -0.985. The summed E-state index contributed by atoms with van der Waals surface area (Å²) in [4.78, 5) is 11.1. The third kappa shape index (κ3) is 3.07. The van der Waals surface area contributed by atoms with E-state index in [0.717, 1.165) is 11.1 Å². The van der Waals surface area contributed by atoms with Crippen molar-refractivity contribution in [1.82, 2.24) is 0 Å². The van der Waals surface area contributed by atoms with Gasteiger partial charge in [-0.05, 0) is 29.0 Å². The van der Waals surface area contributed by atoms with Crippen LogP contribution in [0.25, 0.3) is 0 Å². The Bertz CT molecular complexity index is 416. The van der Waals surface area contributed by atoms with Crippen molar-refractivity contribution in [1.29, 1.82) is 0 Å². The van der Waals surface area contributed by atoms with Gasteiger partial charge in [0.25, 0.3) is 0 Å². The van der Waals surface area contributed by atoms with Crippen LogP contribution in [-0.2, 0) is 10.2 Å². The lowest BCUT2D eigenvalue weighted by atomic mass is 9.83. The van der Waals surface area contributed by atoms with E-state index >= 15 is 0 Å². The van der Waals surface area contributed by atoms with Gasteiger partial charge >= 0.3 is 5.97 Å². The van der Waals surface area contributed by atoms with Crippen molar-refractivity contribution in [2.24, 2.45) is 0 Å². The van der Waals surface area contributed by atoms with Crippen LogP contribution >= 0.6 is 0 Å². The molecule has 17 heavy (non-hydrogen) atoms. The first-order valence-corrected chi connectivity index (χ1v) is 5.72. The van der Waals surface area contributed by atoms with E-state index in [2.05, 4.69) is 20.8 Å². The van der Waals surface area contributed by atoms with Crippen LogP contribution in [0.4, 0.5) is 0 Å². The number of aliphatic hydroxyl groups is 1. The summed E-state index contributed by atoms with van der Waals surface area (Å²) >= 11 is 0. The van der Waals surface area contributed by atoms with Crippen LogP contribution in [0, 0.1) is 6.92 Å². The summed E-state index contributed by atoms with van der Waals surface area (Å²) in [6.45, 7) is 7.74. The first-order chi connectivity index (χ1) is 7.77. The first-order valence-electron chi connectivity index (χ1n) is 5.72. The van der Waals surface area contributed by atoms with Gasteiger partial charge in [0.05, 0.1) is 6.61 Å². The zero-order valence-corrected chi connectivity index (χ0v) is 10.8. The molecule has 3 nitrogen and oxygen atoms in total. The molecule has 0 bridgehead atoms. The Hall–Kier alpha value is -1.35. The van der Waals surface area contributed by atoms with Gasteiger partial charge in [-0.2, -0.15) is 0 Å². The van der Waals surface area contributed by atoms with Gasteiger partial charge in [-0.25, -0.2) is 0 Å². The van der Waals surface area contributed by atoms with Crippen LogP contribution in [0.3, 0.4) is 0 Å². The van der Waals surface area contributed by atoms with Crippen molar-refractivity contribution in [3.8, 4) is 0 Å². The highest BCUT2D eigenvalue weighted by Gasteiger charge is 2.23. The number of carbonyl (C=O) groups is 1. The molecule has 0 aliphatic heterocycles. The van der Waals surface area contributed by atoms with E-state index in [1.165, 1.54) is 0 Å². The molecule has 0 aromatic heterocycles. The standard InChI is InChI=1S/C14H20O3/c1-9-5-6-10(14(2,3)4)7-11(9)12(8-15)13(16)17/h5-7,12,15H,8H2,1-4H3,(H,16,17). The number of aliphatic hydroxyl groups excluding tert-OH is 1. The van der Waals surface area contributed by atoms with Gasteiger partial charge in [-0.1, -0.05) is 39.0 Å². The zero-order chi connectivity index (χ0) is 13.2. The molecule has 0 amide bonds. The van der Waals surface area contributed by atoms with Gasteiger partial charge in [0, 0.05) is 0 Å². The fourth-order valence-corrected chi connectivity index (χ4v) is 1.79. The Kier molecular flexibility index (Phi) is 3.94. The summed E-state index contributed by atoms with van der Waals surface area (Å²) in [6.07, 6.45) is 0. The Morgan fingerprint density at radius 3 is 2.35 bits per heavy atom. The van der Waals surface area contributed by atoms with E-state index in [4.69, 9.17) is 5.11 Å². The largest absolute Gasteiger partial charge is 0.481 e. The summed E-state index contributed by atoms with van der Waals surface area (Å²) in [5.41, 5.74) is 2.66. The summed E-state index contributed by atoms with van der Waals surface area (Å²) in [7, 11) is 0. The van der Waals surface area contributed by atoms with E-state index < -0.39 is 11.9 Å². The number of hydrogen-bond acceptors (Lipinski definition) is 2. The molecule has 94 valence electrons. The lowest BCUT2D eigenvalue weighted by molar-refractivity contribution is -0.139. The quantitative estimate of drug-likeness (QED) is 0.847. The lowest BCUT2D eigenvalue weighted by Crippen LogP contribution is -2.19. The normalized spacial score (nSPS) is 13.5. The molecule has 0 fully saturated rings. The maximum absolute atomic E-state index is 11.1. The molecular formula is C14H20O3. The number of carboxylic acids is 1. The second-order valence-electron chi connectivity index (χ2n) is 5.39. The highest BCUT2D eigenvalue weighted by molar-refractivity contribution is 5.77. The number of carboxylic acid groups (broad SMARTS) is 1. The number of aryl methyl sites for hydroxylation is 1. The van der Waals surface area contributed by atoms with E-state index in [-0.39, 0.29) is 12.0 Å². The van der Waals surface area contributed by atoms with Crippen molar-refractivity contribution < 1.29 is 15.0 Å². The van der Waals surface area contributed by atoms with E-state index in [9.17, 15) is 9.90 Å². The SMILES string of the molecule is Cc1ccc(C(C)(C)C)cc1C(CO)C(=O)O. The minimum absolute atomic E-state index is 0.0268. The molecule has 0 saturated carbocycles. The van der Waals surface area contributed by atoms with Gasteiger partial charge in [-0.3, -0.25) is 4.79 Å². The molecule has 0 saturated heterocycles. The molecule has 1 atom stereocenters. The smallest absolute Gasteiger partial charge is 0.313 e. The van der Waals surface area contributed by atoms with Gasteiger partial charge in [0.2, 0.25) is 0 Å². The van der Waals surface area contributed by atoms with Gasteiger partial charge < -0.3 is 10.2 Å². The molecule has 0 radical (unpaired) electrons. The summed E-state index contributed by atoms with van der Waals surface area (Å²) in [5, 5.41) is 18.3. The topological polar surface area (TPSA) is 57.5 Å². The van der Waals surface area contributed by atoms with E-state index in [1.54, 1.807) is 0 Å². The molecule has 1 rings (SSSR count). The van der Waals surface area contributed by atoms with Crippen LogP contribution in [0.5, 0.6) is 0 Å². The molecule has 0 aliphatic rings. The van der Waals surface area contributed by atoms with Gasteiger partial charge in [0.15, 0.2) is 0 Å². The number of hydrogen-bond donors (Lipinski definition) is 2. The van der Waals surface area contributed by atoms with E-state index in [0.29, 0.717) is 5.56 Å². The molecule has 1 aromatic carbocycles. The van der Waals surface area contributed by atoms with Crippen molar-refractivity contribution in [3.63, 3.8) is 0 Å². The Morgan fingerprint density at radius 1 is 1.35 bits per heavy atom. The molecular weight excluding hydrogens is 216 g/mol. The highest BCUT2D eigenvalue weighted by Crippen LogP contribution is 2.28. The second-order valence-corrected chi connectivity index (χ2v) is 5.39. The van der Waals surface area contributed by atoms with E-state index in [1.807, 2.05) is 25.1 Å². The fourth-order valence-electron chi connectivity index (χ4n) is 1.79. The van der Waals surface area contributed by atoms with Crippen LogP contribution < -0.4 is 0 Å². The van der Waals surface area contributed by atoms with Crippen LogP contribution in [-0.4, -0.2) is 22.8 Å². The average molecular weight is 236 g/mol. The summed E-state index contributed by atoms with van der Waals surface area (Å²) in [5.74, 6) is -1.82. The molecule has 0 aliphatic carbocycles. The Balaban J connectivity index is 3.28. The molecule has 0 heterocycles. The highest BCUT2D eigenvalue weighted by atomic mass is 16.4. The predicted octanol–water partition coefficient (Wildman–Crippen LogP) is 2.45. The number of aliphatic carboxylic acids is 1. The van der Waals surface area contributed by atoms with Gasteiger partial charge in [-0.15, -0.1) is 0 Å². The minimum Gasteiger partial charge on any atom is -0.481 e. The molecule has 2 N–H and O–H groups in total. The third-order valence-electron chi connectivity index (χ3n) is 3.00. The summed E-state index contributed by atoms with van der Waals surface area (Å²) in [6, 6.07) is 5.82. The maximum atomic E-state index is 11.1. The van der Waals surface area contributed by atoms with Crippen molar-refractivity contribution in [2.75, 3.05) is 6.61 Å². The maximum Gasteiger partial charge on any atom is 0.313 e. The molecule has 0 spiro atoms. The average Bonchev–Trinajstić information content (AvgIpc) is 2.19. The Morgan fingerprint density at radius 2 is 1.94 bits per heavy atom. The van der Waals surface area contributed by atoms with Crippen LogP contribution in [0.1, 0.15) is 43.4 Å². The monoisotopic (exact) mass is 236 g/mol. The zero-order valence-electron chi connectivity index (χ0n) is 10.8. The third-order valence-corrected chi connectivity index (χ3v) is 3.00. The van der Waals surface area contributed by atoms with Crippen molar-refractivity contribution in [3.05, 3.63) is 34.9 Å². The lowest BCUT2D eigenvalue weighted by Gasteiger charge is -2.22. The second kappa shape index (κ2) is 4.88. The number of benzene rings is 1. The molecule has 1 aromatic rings. The van der Waals surface area contributed by atoms with Gasteiger partial charge in [0.1, 0.15) is 5.92 Å². The van der Waals surface area contributed by atoms with Crippen molar-refractivity contribution in [2.45, 2.75) is 39.0 Å².